The smallest absolute Gasteiger partial charge is 0.326 e. The van der Waals surface area contributed by atoms with Gasteiger partial charge in [0.05, 0.1) is 12.1 Å². The van der Waals surface area contributed by atoms with E-state index in [1.54, 1.807) is 0 Å². The molecular weight excluding hydrogens is 529 g/mol. The first-order valence-corrected chi connectivity index (χ1v) is 14.3. The van der Waals surface area contributed by atoms with Crippen LogP contribution in [-0.4, -0.2) is 45.0 Å². The summed E-state index contributed by atoms with van der Waals surface area (Å²) in [6.07, 6.45) is 3.94. The van der Waals surface area contributed by atoms with Crippen LogP contribution in [0.4, 0.5) is 10.1 Å². The molecule has 1 N–H and O–H groups in total. The molecule has 2 aliphatic rings. The maximum Gasteiger partial charge on any atom is 0.333 e. The van der Waals surface area contributed by atoms with Gasteiger partial charge < -0.3 is 9.88 Å². The Morgan fingerprint density at radius 2 is 1.77 bits per heavy atom. The predicted molar refractivity (Wildman–Crippen MR) is 139 cm³/mol. The van der Waals surface area contributed by atoms with Gasteiger partial charge in [0.25, 0.3) is 5.56 Å². The molecule has 0 saturated heterocycles. The van der Waals surface area contributed by atoms with Crippen LogP contribution in [0.1, 0.15) is 36.8 Å². The van der Waals surface area contributed by atoms with Gasteiger partial charge in [-0.3, -0.25) is 23.5 Å². The van der Waals surface area contributed by atoms with Crippen molar-refractivity contribution in [1.82, 2.24) is 18.7 Å². The molecule has 2 fully saturated rings. The van der Waals surface area contributed by atoms with Crippen molar-refractivity contribution >= 4 is 38.4 Å². The molecule has 0 radical (unpaired) electrons. The molecule has 0 unspecified atom stereocenters. The van der Waals surface area contributed by atoms with E-state index in [0.29, 0.717) is 5.69 Å². The Kier molecular flexibility index (Phi) is 6.54. The number of sulfone groups is 1. The highest BCUT2D eigenvalue weighted by molar-refractivity contribution is 7.90. The van der Waals surface area contributed by atoms with Crippen LogP contribution >= 0.6 is 0 Å². The predicted octanol–water partition coefficient (Wildman–Crippen LogP) is 0.898. The van der Waals surface area contributed by atoms with Gasteiger partial charge in [-0.25, -0.2) is 17.6 Å². The van der Waals surface area contributed by atoms with Crippen LogP contribution in [0.2, 0.25) is 0 Å². The number of carbonyl (C=O) groups is 2. The Morgan fingerprint density at radius 3 is 2.38 bits per heavy atom. The van der Waals surface area contributed by atoms with Crippen molar-refractivity contribution in [3.05, 3.63) is 49.9 Å². The Hall–Kier alpha value is -4.05. The number of hydrogen-bond donors (Lipinski definition) is 1. The topological polar surface area (TPSA) is 142 Å². The average molecular weight is 556 g/mol. The first-order valence-electron chi connectivity index (χ1n) is 12.4. The zero-order valence-electron chi connectivity index (χ0n) is 21.6. The summed E-state index contributed by atoms with van der Waals surface area (Å²) in [5, 5.41) is 2.37. The summed E-state index contributed by atoms with van der Waals surface area (Å²) >= 11 is 0. The third-order valence-electron chi connectivity index (χ3n) is 6.87. The fraction of sp³-hybridized carbons (Fsp3) is 0.423. The molecule has 11 nitrogen and oxygen atoms in total. The van der Waals surface area contributed by atoms with E-state index in [4.69, 9.17) is 0 Å². The molecule has 0 bridgehead atoms. The van der Waals surface area contributed by atoms with E-state index in [9.17, 15) is 27.6 Å². The van der Waals surface area contributed by atoms with Gasteiger partial charge in [-0.15, -0.1) is 0 Å². The minimum absolute atomic E-state index is 0.0714. The molecule has 2 aromatic heterocycles. The first-order chi connectivity index (χ1) is 18.4. The van der Waals surface area contributed by atoms with Crippen LogP contribution in [0, 0.1) is 29.5 Å². The molecule has 2 heterocycles. The summed E-state index contributed by atoms with van der Waals surface area (Å²) in [7, 11) is -1.21. The number of imidazole rings is 1. The van der Waals surface area contributed by atoms with Gasteiger partial charge in [-0.2, -0.15) is 4.98 Å². The van der Waals surface area contributed by atoms with Crippen molar-refractivity contribution in [1.29, 1.82) is 0 Å². The molecular formula is C26H26FN5O6S. The number of hydrogen-bond acceptors (Lipinski definition) is 7. The number of fused-ring (bicyclic) bond motifs is 1. The zero-order chi connectivity index (χ0) is 28.2. The van der Waals surface area contributed by atoms with Gasteiger partial charge in [-0.1, -0.05) is 11.8 Å². The summed E-state index contributed by atoms with van der Waals surface area (Å²) in [5.74, 6) is 4.25. The number of Topliss-reactive ketones (excluding diaryl/α,β-unsaturated/α-hetero) is 1. The first kappa shape index (κ1) is 26.6. The molecule has 0 spiro atoms. The Balaban J connectivity index is 1.55. The minimum Gasteiger partial charge on any atom is -0.326 e. The van der Waals surface area contributed by atoms with Gasteiger partial charge in [0, 0.05) is 44.3 Å². The highest BCUT2D eigenvalue weighted by atomic mass is 32.2. The van der Waals surface area contributed by atoms with Crippen molar-refractivity contribution < 1.29 is 22.4 Å². The molecule has 1 aromatic carbocycles. The van der Waals surface area contributed by atoms with Gasteiger partial charge in [0.15, 0.2) is 11.2 Å². The molecule has 2 aliphatic carbocycles. The molecule has 3 aromatic rings. The second-order valence-corrected chi connectivity index (χ2v) is 12.0. The number of rotatable bonds is 7. The second kappa shape index (κ2) is 9.60. The Morgan fingerprint density at radius 1 is 1.10 bits per heavy atom. The lowest BCUT2D eigenvalue weighted by atomic mass is 10.0. The number of anilines is 1. The summed E-state index contributed by atoms with van der Waals surface area (Å²) in [6, 6.07) is 2.82. The van der Waals surface area contributed by atoms with E-state index in [-0.39, 0.29) is 58.8 Å². The van der Waals surface area contributed by atoms with E-state index in [2.05, 4.69) is 22.1 Å². The third kappa shape index (κ3) is 5.16. The van der Waals surface area contributed by atoms with Crippen LogP contribution in [0.3, 0.4) is 0 Å². The van der Waals surface area contributed by atoms with Crippen LogP contribution in [0.15, 0.2) is 26.9 Å². The number of ketones is 1. The lowest BCUT2D eigenvalue weighted by Gasteiger charge is -2.10. The van der Waals surface area contributed by atoms with Crippen molar-refractivity contribution in [3.8, 4) is 11.8 Å². The SMILES string of the molecule is Cn1c(=O)c2c(nc(S(C)(=O)=O)n2C)n(CC#Cc2cc(NC(=O)C3CC3)cc(CC(=O)C3CC3)c2F)c1=O. The second-order valence-electron chi connectivity index (χ2n) is 10.1. The van der Waals surface area contributed by atoms with Crippen LogP contribution in [0.25, 0.3) is 11.2 Å². The van der Waals surface area contributed by atoms with Gasteiger partial charge >= 0.3 is 5.69 Å². The van der Waals surface area contributed by atoms with Gasteiger partial charge in [0.2, 0.25) is 20.9 Å². The third-order valence-corrected chi connectivity index (χ3v) is 7.90. The van der Waals surface area contributed by atoms with Crippen LogP contribution in [-0.2, 0) is 46.5 Å². The molecule has 39 heavy (non-hydrogen) atoms. The highest BCUT2D eigenvalue weighted by Gasteiger charge is 2.31. The summed E-state index contributed by atoms with van der Waals surface area (Å²) in [5.41, 5.74) is -1.40. The van der Waals surface area contributed by atoms with E-state index in [0.717, 1.165) is 45.6 Å². The van der Waals surface area contributed by atoms with E-state index >= 15 is 4.39 Å². The monoisotopic (exact) mass is 555 g/mol. The number of aromatic nitrogens is 4. The molecule has 0 aliphatic heterocycles. The number of carbonyl (C=O) groups excluding carboxylic acids is 2. The minimum atomic E-state index is -3.82. The Bertz CT molecular complexity index is 1850. The molecule has 2 saturated carbocycles. The number of amides is 1. The summed E-state index contributed by atoms with van der Waals surface area (Å²) < 4.78 is 42.7. The number of nitrogens with one attached hydrogen (secondary N) is 1. The maximum absolute atomic E-state index is 15.4. The van der Waals surface area contributed by atoms with Gasteiger partial charge in [0.1, 0.15) is 11.6 Å². The molecule has 13 heteroatoms. The number of benzene rings is 1. The number of halogens is 1. The summed E-state index contributed by atoms with van der Waals surface area (Å²) in [4.78, 5) is 54.3. The van der Waals surface area contributed by atoms with Crippen LogP contribution in [0.5, 0.6) is 0 Å². The van der Waals surface area contributed by atoms with E-state index in [1.807, 2.05) is 0 Å². The van der Waals surface area contributed by atoms with Gasteiger partial charge in [-0.05, 0) is 43.4 Å². The Labute approximate surface area is 222 Å². The lowest BCUT2D eigenvalue weighted by Crippen LogP contribution is -2.38. The van der Waals surface area contributed by atoms with Crippen molar-refractivity contribution in [2.45, 2.75) is 43.8 Å². The highest BCUT2D eigenvalue weighted by Crippen LogP contribution is 2.33. The van der Waals surface area contributed by atoms with Crippen molar-refractivity contribution in [2.24, 2.45) is 25.9 Å². The fourth-order valence-electron chi connectivity index (χ4n) is 4.40. The standard InChI is InChI=1S/C26H26FN5O6S/c1-30-21-22(29-25(30)39(3,37)38)32(26(36)31(2)24(21)35)10-4-5-16-11-18(28-23(34)15-8-9-15)12-17(20(16)27)13-19(33)14-6-7-14/h11-12,14-15H,6-10,13H2,1-3H3,(H,28,34). The lowest BCUT2D eigenvalue weighted by molar-refractivity contribution is -0.119. The zero-order valence-corrected chi connectivity index (χ0v) is 22.4. The number of aryl methyl sites for hydroxylation is 1. The molecule has 5 rings (SSSR count). The van der Waals surface area contributed by atoms with E-state index < -0.39 is 32.1 Å². The maximum atomic E-state index is 15.4. The largest absolute Gasteiger partial charge is 0.333 e. The fourth-order valence-corrected chi connectivity index (χ4v) is 5.24. The number of nitrogens with zero attached hydrogens (tertiary/aromatic N) is 4. The molecule has 0 atom stereocenters. The van der Waals surface area contributed by atoms with Crippen molar-refractivity contribution in [3.63, 3.8) is 0 Å². The molecule has 204 valence electrons. The van der Waals surface area contributed by atoms with E-state index in [1.165, 1.54) is 26.2 Å². The quantitative estimate of drug-likeness (QED) is 0.427. The summed E-state index contributed by atoms with van der Waals surface area (Å²) in [6.45, 7) is -0.335. The van der Waals surface area contributed by atoms with Crippen LogP contribution < -0.4 is 16.6 Å². The normalized spacial score (nSPS) is 15.2. The van der Waals surface area contributed by atoms with Crippen molar-refractivity contribution in [2.75, 3.05) is 11.6 Å². The average Bonchev–Trinajstić information content (AvgIpc) is 3.78. The molecule has 1 amide bonds.